The Morgan fingerprint density at radius 2 is 2.05 bits per heavy atom. The number of hydrogen-bond donors (Lipinski definition) is 1. The zero-order valence-corrected chi connectivity index (χ0v) is 13.9. The molecule has 3 atom stereocenters. The molecule has 1 N–H and O–H groups in total. The molecule has 2 aliphatic rings. The van der Waals surface area contributed by atoms with Crippen molar-refractivity contribution in [2.75, 3.05) is 5.32 Å². The Hall–Kier alpha value is -0.320. The minimum absolute atomic E-state index is 0.159. The van der Waals surface area contributed by atoms with E-state index in [1.165, 1.54) is 19.3 Å². The molecule has 0 amide bonds. The molecule has 1 aromatic rings. The molecule has 0 heterocycles. The molecular weight excluding hydrogens is 352 g/mol. The lowest BCUT2D eigenvalue weighted by Gasteiger charge is -2.43. The standard InChI is InChI=1S/C16H21FIN/c1-15(2)10-6-7-16(3,9-10)14(15)19-13-5-4-11(17)8-12(13)18/h4-5,8,10,14,19H,6-7,9H2,1-3H3. The molecule has 0 saturated heterocycles. The molecule has 2 fully saturated rings. The normalized spacial score (nSPS) is 35.6. The van der Waals surface area contributed by atoms with E-state index in [2.05, 4.69) is 48.7 Å². The average molecular weight is 373 g/mol. The lowest BCUT2D eigenvalue weighted by molar-refractivity contribution is 0.155. The van der Waals surface area contributed by atoms with Gasteiger partial charge in [0, 0.05) is 15.3 Å². The molecule has 0 radical (unpaired) electrons. The second-order valence-electron chi connectivity index (χ2n) is 7.12. The third-order valence-electron chi connectivity index (χ3n) is 5.50. The lowest BCUT2D eigenvalue weighted by Crippen LogP contribution is -2.45. The van der Waals surface area contributed by atoms with Gasteiger partial charge in [0.25, 0.3) is 0 Å². The van der Waals surface area contributed by atoms with Crippen molar-refractivity contribution >= 4 is 28.3 Å². The van der Waals surface area contributed by atoms with E-state index in [0.717, 1.165) is 15.2 Å². The average Bonchev–Trinajstić information content (AvgIpc) is 2.78. The molecule has 0 aromatic heterocycles. The maximum absolute atomic E-state index is 13.2. The number of fused-ring (bicyclic) bond motifs is 2. The molecule has 2 aliphatic carbocycles. The van der Waals surface area contributed by atoms with E-state index < -0.39 is 0 Å². The van der Waals surface area contributed by atoms with Crippen molar-refractivity contribution in [3.05, 3.63) is 27.6 Å². The fraction of sp³-hybridized carbons (Fsp3) is 0.625. The summed E-state index contributed by atoms with van der Waals surface area (Å²) < 4.78 is 14.2. The number of nitrogens with one attached hydrogen (secondary N) is 1. The predicted octanol–water partition coefficient (Wildman–Crippen LogP) is 5.06. The van der Waals surface area contributed by atoms with Crippen molar-refractivity contribution in [2.45, 2.75) is 46.1 Å². The molecule has 0 spiro atoms. The molecule has 19 heavy (non-hydrogen) atoms. The van der Waals surface area contributed by atoms with Gasteiger partial charge < -0.3 is 5.32 Å². The fourth-order valence-electron chi connectivity index (χ4n) is 4.42. The number of anilines is 1. The number of benzene rings is 1. The summed E-state index contributed by atoms with van der Waals surface area (Å²) >= 11 is 2.22. The van der Waals surface area contributed by atoms with Gasteiger partial charge in [0.15, 0.2) is 0 Å². The van der Waals surface area contributed by atoms with E-state index in [0.29, 0.717) is 16.9 Å². The van der Waals surface area contributed by atoms with Crippen LogP contribution in [0.4, 0.5) is 10.1 Å². The monoisotopic (exact) mass is 373 g/mol. The van der Waals surface area contributed by atoms with E-state index in [1.807, 2.05) is 6.07 Å². The molecule has 0 aliphatic heterocycles. The first kappa shape index (κ1) is 13.7. The van der Waals surface area contributed by atoms with Gasteiger partial charge in [-0.3, -0.25) is 0 Å². The van der Waals surface area contributed by atoms with Crippen molar-refractivity contribution in [1.82, 2.24) is 0 Å². The van der Waals surface area contributed by atoms with E-state index in [1.54, 1.807) is 12.1 Å². The number of halogens is 2. The molecule has 3 unspecified atom stereocenters. The second kappa shape index (κ2) is 4.34. The summed E-state index contributed by atoms with van der Waals surface area (Å²) in [7, 11) is 0. The molecule has 2 bridgehead atoms. The van der Waals surface area contributed by atoms with Crippen LogP contribution >= 0.6 is 22.6 Å². The van der Waals surface area contributed by atoms with Gasteiger partial charge in [-0.25, -0.2) is 4.39 Å². The van der Waals surface area contributed by atoms with Crippen LogP contribution in [0.1, 0.15) is 40.0 Å². The second-order valence-corrected chi connectivity index (χ2v) is 8.28. The Labute approximate surface area is 128 Å². The van der Waals surface area contributed by atoms with Crippen LogP contribution in [0.5, 0.6) is 0 Å². The number of rotatable bonds is 2. The van der Waals surface area contributed by atoms with Crippen molar-refractivity contribution in [3.63, 3.8) is 0 Å². The van der Waals surface area contributed by atoms with Crippen LogP contribution in [0.15, 0.2) is 18.2 Å². The van der Waals surface area contributed by atoms with Crippen LogP contribution in [-0.2, 0) is 0 Å². The predicted molar refractivity (Wildman–Crippen MR) is 85.8 cm³/mol. The minimum atomic E-state index is -0.159. The summed E-state index contributed by atoms with van der Waals surface area (Å²) in [4.78, 5) is 0. The molecular formula is C16H21FIN. The highest BCUT2D eigenvalue weighted by Gasteiger charge is 2.59. The first-order valence-corrected chi connectivity index (χ1v) is 8.12. The van der Waals surface area contributed by atoms with Crippen molar-refractivity contribution in [2.24, 2.45) is 16.7 Å². The SMILES string of the molecule is CC12CCC(C1)C(C)(C)C2Nc1ccc(F)cc1I. The van der Waals surface area contributed by atoms with Crippen LogP contribution < -0.4 is 5.32 Å². The third-order valence-corrected chi connectivity index (χ3v) is 6.39. The van der Waals surface area contributed by atoms with E-state index in [-0.39, 0.29) is 5.82 Å². The Kier molecular flexibility index (Phi) is 3.12. The summed E-state index contributed by atoms with van der Waals surface area (Å²) in [5, 5.41) is 3.72. The minimum Gasteiger partial charge on any atom is -0.380 e. The summed E-state index contributed by atoms with van der Waals surface area (Å²) in [6.45, 7) is 7.18. The molecule has 1 aromatic carbocycles. The number of hydrogen-bond acceptors (Lipinski definition) is 1. The van der Waals surface area contributed by atoms with Gasteiger partial charge >= 0.3 is 0 Å². The van der Waals surface area contributed by atoms with Crippen LogP contribution in [0, 0.1) is 26.1 Å². The summed E-state index contributed by atoms with van der Waals surface area (Å²) in [6, 6.07) is 5.51. The van der Waals surface area contributed by atoms with E-state index in [9.17, 15) is 4.39 Å². The summed E-state index contributed by atoms with van der Waals surface area (Å²) in [5.41, 5.74) is 1.80. The first-order chi connectivity index (χ1) is 8.83. The highest BCUT2D eigenvalue weighted by molar-refractivity contribution is 14.1. The van der Waals surface area contributed by atoms with Crippen molar-refractivity contribution < 1.29 is 4.39 Å². The quantitative estimate of drug-likeness (QED) is 0.715. The molecule has 3 rings (SSSR count). The topological polar surface area (TPSA) is 12.0 Å². The van der Waals surface area contributed by atoms with Gasteiger partial charge in [0.2, 0.25) is 0 Å². The van der Waals surface area contributed by atoms with Crippen LogP contribution in [0.3, 0.4) is 0 Å². The van der Waals surface area contributed by atoms with Crippen LogP contribution in [0.25, 0.3) is 0 Å². The van der Waals surface area contributed by atoms with Gasteiger partial charge in [-0.15, -0.1) is 0 Å². The fourth-order valence-corrected chi connectivity index (χ4v) is 5.06. The van der Waals surface area contributed by atoms with Gasteiger partial charge in [-0.2, -0.15) is 0 Å². The van der Waals surface area contributed by atoms with E-state index in [4.69, 9.17) is 0 Å². The lowest BCUT2D eigenvalue weighted by atomic mass is 9.68. The Bertz CT molecular complexity index is 509. The van der Waals surface area contributed by atoms with Gasteiger partial charge in [-0.1, -0.05) is 20.8 Å². The van der Waals surface area contributed by atoms with Crippen LogP contribution in [-0.4, -0.2) is 6.04 Å². The smallest absolute Gasteiger partial charge is 0.124 e. The molecule has 2 saturated carbocycles. The van der Waals surface area contributed by atoms with Gasteiger partial charge in [0.05, 0.1) is 0 Å². The van der Waals surface area contributed by atoms with Crippen molar-refractivity contribution in [1.29, 1.82) is 0 Å². The summed E-state index contributed by atoms with van der Waals surface area (Å²) in [5.74, 6) is 0.668. The first-order valence-electron chi connectivity index (χ1n) is 7.04. The largest absolute Gasteiger partial charge is 0.380 e. The Balaban J connectivity index is 1.90. The van der Waals surface area contributed by atoms with Crippen molar-refractivity contribution in [3.8, 4) is 0 Å². The Morgan fingerprint density at radius 1 is 1.32 bits per heavy atom. The molecule has 3 heteroatoms. The zero-order valence-electron chi connectivity index (χ0n) is 11.8. The maximum atomic E-state index is 13.2. The zero-order chi connectivity index (χ0) is 13.8. The van der Waals surface area contributed by atoms with Crippen LogP contribution in [0.2, 0.25) is 0 Å². The molecule has 104 valence electrons. The molecule has 1 nitrogen and oxygen atoms in total. The third kappa shape index (κ3) is 2.08. The Morgan fingerprint density at radius 3 is 2.63 bits per heavy atom. The van der Waals surface area contributed by atoms with E-state index >= 15 is 0 Å². The van der Waals surface area contributed by atoms with Gasteiger partial charge in [-0.05, 0) is 76.8 Å². The highest BCUT2D eigenvalue weighted by atomic mass is 127. The highest BCUT2D eigenvalue weighted by Crippen LogP contribution is 2.63. The van der Waals surface area contributed by atoms with Gasteiger partial charge in [0.1, 0.15) is 5.82 Å². The maximum Gasteiger partial charge on any atom is 0.124 e. The summed E-state index contributed by atoms with van der Waals surface area (Å²) in [6.07, 6.45) is 4.01.